The third kappa shape index (κ3) is 2.39. The van der Waals surface area contributed by atoms with Crippen molar-refractivity contribution in [3.05, 3.63) is 33.3 Å². The van der Waals surface area contributed by atoms with Crippen molar-refractivity contribution in [1.82, 2.24) is 0 Å². The van der Waals surface area contributed by atoms with Gasteiger partial charge in [-0.3, -0.25) is 4.99 Å². The predicted octanol–water partition coefficient (Wildman–Crippen LogP) is 3.77. The smallest absolute Gasteiger partial charge is 0.154 e. The molecule has 16 heavy (non-hydrogen) atoms. The monoisotopic (exact) mass is 318 g/mol. The Morgan fingerprint density at radius 3 is 3.00 bits per heavy atom. The molecule has 1 aromatic rings. The molecule has 0 fully saturated rings. The zero-order valence-electron chi connectivity index (χ0n) is 8.84. The Hall–Kier alpha value is -0.190. The Kier molecular flexibility index (Phi) is 3.52. The van der Waals surface area contributed by atoms with E-state index in [-0.39, 0.29) is 5.54 Å². The molecule has 0 bridgehead atoms. The fraction of sp³-hybridized carbons (Fsp3) is 0.364. The molecule has 1 aliphatic rings. The molecule has 1 heterocycles. The van der Waals surface area contributed by atoms with E-state index < -0.39 is 0 Å². The lowest BCUT2D eigenvalue weighted by atomic mass is 9.90. The van der Waals surface area contributed by atoms with Gasteiger partial charge in [-0.2, -0.15) is 0 Å². The van der Waals surface area contributed by atoms with Gasteiger partial charge < -0.3 is 5.73 Å². The first-order valence-corrected chi connectivity index (χ1v) is 7.10. The Morgan fingerprint density at radius 1 is 1.56 bits per heavy atom. The summed E-state index contributed by atoms with van der Waals surface area (Å²) in [5.74, 6) is 0.981. The fourth-order valence-corrected chi connectivity index (χ4v) is 3.45. The topological polar surface area (TPSA) is 38.4 Å². The molecule has 0 aliphatic carbocycles. The van der Waals surface area contributed by atoms with E-state index in [9.17, 15) is 0 Å². The Morgan fingerprint density at radius 2 is 2.31 bits per heavy atom. The third-order valence-electron chi connectivity index (χ3n) is 2.70. The molecular formula is C11H12BrClN2S. The number of hydrogen-bond donors (Lipinski definition) is 1. The largest absolute Gasteiger partial charge is 0.379 e. The summed E-state index contributed by atoms with van der Waals surface area (Å²) in [7, 11) is 0. The minimum atomic E-state index is -0.295. The number of nitrogens with two attached hydrogens (primary N) is 1. The first-order valence-electron chi connectivity index (χ1n) is 4.95. The highest BCUT2D eigenvalue weighted by Gasteiger charge is 2.31. The van der Waals surface area contributed by atoms with Crippen LogP contribution in [-0.4, -0.2) is 10.9 Å². The Balaban J connectivity index is 2.50. The van der Waals surface area contributed by atoms with Crippen LogP contribution in [0.15, 0.2) is 27.7 Å². The number of halogens is 2. The first-order chi connectivity index (χ1) is 7.51. The van der Waals surface area contributed by atoms with Crippen molar-refractivity contribution in [3.8, 4) is 0 Å². The van der Waals surface area contributed by atoms with Crippen LogP contribution < -0.4 is 5.73 Å². The predicted molar refractivity (Wildman–Crippen MR) is 75.2 cm³/mol. The molecule has 2 N–H and O–H groups in total. The van der Waals surface area contributed by atoms with Gasteiger partial charge in [-0.1, -0.05) is 39.3 Å². The number of nitrogens with zero attached hydrogens (tertiary/aromatic N) is 1. The normalized spacial score (nSPS) is 25.3. The first kappa shape index (κ1) is 12.3. The second kappa shape index (κ2) is 4.59. The summed E-state index contributed by atoms with van der Waals surface area (Å²) in [5.41, 5.74) is 6.53. The third-order valence-corrected chi connectivity index (χ3v) is 4.32. The number of hydrogen-bond acceptors (Lipinski definition) is 3. The van der Waals surface area contributed by atoms with Gasteiger partial charge in [0.15, 0.2) is 5.17 Å². The molecule has 2 nitrogen and oxygen atoms in total. The molecule has 0 radical (unpaired) electrons. The second-order valence-electron chi connectivity index (χ2n) is 3.95. The average molecular weight is 320 g/mol. The lowest BCUT2D eigenvalue weighted by Gasteiger charge is -2.30. The maximum atomic E-state index is 6.23. The van der Waals surface area contributed by atoms with Gasteiger partial charge >= 0.3 is 0 Å². The number of thioether (sulfide) groups is 1. The maximum Gasteiger partial charge on any atom is 0.154 e. The molecule has 0 aromatic heterocycles. The van der Waals surface area contributed by atoms with Crippen molar-refractivity contribution >= 4 is 44.5 Å². The van der Waals surface area contributed by atoms with E-state index in [4.69, 9.17) is 17.3 Å². The van der Waals surface area contributed by atoms with Crippen molar-refractivity contribution in [2.45, 2.75) is 18.9 Å². The molecule has 0 spiro atoms. The standard InChI is InChI=1S/C11H12BrClN2S/c1-11(4-5-16-10(14)15-11)8-6-7(12)2-3-9(8)13/h2-3,6H,4-5H2,1H3,(H2,14,15). The molecule has 1 atom stereocenters. The number of rotatable bonds is 1. The van der Waals surface area contributed by atoms with Gasteiger partial charge in [0.25, 0.3) is 0 Å². The van der Waals surface area contributed by atoms with Gasteiger partial charge in [-0.15, -0.1) is 0 Å². The second-order valence-corrected chi connectivity index (χ2v) is 6.38. The fourth-order valence-electron chi connectivity index (χ4n) is 1.79. The SMILES string of the molecule is CC1(c2cc(Br)ccc2Cl)CCSC(N)=N1. The summed E-state index contributed by atoms with van der Waals surface area (Å²) < 4.78 is 1.01. The van der Waals surface area contributed by atoms with Gasteiger partial charge in [0.2, 0.25) is 0 Å². The molecule has 1 unspecified atom stereocenters. The summed E-state index contributed by atoms with van der Waals surface area (Å²) in [4.78, 5) is 4.54. The van der Waals surface area contributed by atoms with Crippen molar-refractivity contribution in [2.75, 3.05) is 5.75 Å². The van der Waals surface area contributed by atoms with Crippen LogP contribution in [-0.2, 0) is 5.54 Å². The Labute approximate surface area is 113 Å². The Bertz CT molecular complexity index is 450. The van der Waals surface area contributed by atoms with Crippen LogP contribution in [0.3, 0.4) is 0 Å². The average Bonchev–Trinajstić information content (AvgIpc) is 2.21. The highest BCUT2D eigenvalue weighted by atomic mass is 79.9. The number of amidine groups is 1. The highest BCUT2D eigenvalue weighted by molar-refractivity contribution is 9.10. The zero-order valence-corrected chi connectivity index (χ0v) is 12.0. The van der Waals surface area contributed by atoms with Crippen molar-refractivity contribution in [1.29, 1.82) is 0 Å². The maximum absolute atomic E-state index is 6.23. The number of aliphatic imine (C=N–C) groups is 1. The molecule has 5 heteroatoms. The van der Waals surface area contributed by atoms with E-state index in [1.165, 1.54) is 0 Å². The van der Waals surface area contributed by atoms with Gasteiger partial charge in [0.1, 0.15) is 0 Å². The minimum absolute atomic E-state index is 0.295. The van der Waals surface area contributed by atoms with Crippen LogP contribution in [0, 0.1) is 0 Å². The van der Waals surface area contributed by atoms with Gasteiger partial charge in [-0.25, -0.2) is 0 Å². The zero-order chi connectivity index (χ0) is 11.8. The summed E-state index contributed by atoms with van der Waals surface area (Å²) in [6.45, 7) is 2.08. The van der Waals surface area contributed by atoms with E-state index in [1.807, 2.05) is 18.2 Å². The van der Waals surface area contributed by atoms with Gasteiger partial charge in [0, 0.05) is 15.2 Å². The van der Waals surface area contributed by atoms with Crippen LogP contribution >= 0.6 is 39.3 Å². The van der Waals surface area contributed by atoms with E-state index in [1.54, 1.807) is 11.8 Å². The van der Waals surface area contributed by atoms with Crippen molar-refractivity contribution < 1.29 is 0 Å². The van der Waals surface area contributed by atoms with Crippen molar-refractivity contribution in [3.63, 3.8) is 0 Å². The molecule has 2 rings (SSSR count). The van der Waals surface area contributed by atoms with Gasteiger partial charge in [-0.05, 0) is 37.1 Å². The molecule has 86 valence electrons. The molecule has 0 saturated heterocycles. The van der Waals surface area contributed by atoms with Crippen molar-refractivity contribution in [2.24, 2.45) is 10.7 Å². The van der Waals surface area contributed by atoms with E-state index in [0.717, 1.165) is 27.2 Å². The van der Waals surface area contributed by atoms with Crippen LogP contribution in [0.5, 0.6) is 0 Å². The molecule has 1 aromatic carbocycles. The van der Waals surface area contributed by atoms with Crippen LogP contribution in [0.25, 0.3) is 0 Å². The highest BCUT2D eigenvalue weighted by Crippen LogP contribution is 2.39. The van der Waals surface area contributed by atoms with Crippen LogP contribution in [0.1, 0.15) is 18.9 Å². The van der Waals surface area contributed by atoms with Crippen LogP contribution in [0.2, 0.25) is 5.02 Å². The summed E-state index contributed by atoms with van der Waals surface area (Å²) in [5, 5.41) is 1.39. The summed E-state index contributed by atoms with van der Waals surface area (Å²) in [6.07, 6.45) is 0.953. The quantitative estimate of drug-likeness (QED) is 0.855. The molecule has 0 amide bonds. The minimum Gasteiger partial charge on any atom is -0.379 e. The van der Waals surface area contributed by atoms with Gasteiger partial charge in [0.05, 0.1) is 5.54 Å². The van der Waals surface area contributed by atoms with E-state index in [2.05, 4.69) is 27.8 Å². The van der Waals surface area contributed by atoms with E-state index >= 15 is 0 Å². The summed E-state index contributed by atoms with van der Waals surface area (Å²) in [6, 6.07) is 5.84. The molecule has 1 aliphatic heterocycles. The molecule has 0 saturated carbocycles. The summed E-state index contributed by atoms with van der Waals surface area (Å²) >= 11 is 11.3. The lowest BCUT2D eigenvalue weighted by molar-refractivity contribution is 0.482. The lowest BCUT2D eigenvalue weighted by Crippen LogP contribution is -2.29. The number of benzene rings is 1. The van der Waals surface area contributed by atoms with Crippen LogP contribution in [0.4, 0.5) is 0 Å². The van der Waals surface area contributed by atoms with E-state index in [0.29, 0.717) is 5.17 Å². The molecular weight excluding hydrogens is 308 g/mol.